The number of furan rings is 1. The van der Waals surface area contributed by atoms with Gasteiger partial charge in [-0.2, -0.15) is 0 Å². The zero-order valence-electron chi connectivity index (χ0n) is 9.23. The second kappa shape index (κ2) is 5.84. The van der Waals surface area contributed by atoms with E-state index in [0.29, 0.717) is 13.2 Å². The Kier molecular flexibility index (Phi) is 4.16. The number of hydrogen-bond acceptors (Lipinski definition) is 4. The highest BCUT2D eigenvalue weighted by atomic mass is 32.1. The van der Waals surface area contributed by atoms with Crippen LogP contribution in [0.15, 0.2) is 34.3 Å². The zero-order valence-corrected chi connectivity index (χ0v) is 10.0. The molecule has 2 aromatic rings. The van der Waals surface area contributed by atoms with Crippen molar-refractivity contribution < 1.29 is 9.15 Å². The van der Waals surface area contributed by atoms with Crippen molar-refractivity contribution in [2.24, 2.45) is 0 Å². The topological polar surface area (TPSA) is 34.4 Å². The number of ether oxygens (including phenoxy) is 1. The molecule has 0 aliphatic carbocycles. The van der Waals surface area contributed by atoms with Gasteiger partial charge in [-0.3, -0.25) is 0 Å². The molecule has 86 valence electrons. The molecule has 0 radical (unpaired) electrons. The van der Waals surface area contributed by atoms with Crippen LogP contribution in [0.1, 0.15) is 16.2 Å². The summed E-state index contributed by atoms with van der Waals surface area (Å²) < 4.78 is 11.0. The van der Waals surface area contributed by atoms with Crippen LogP contribution in [-0.2, 0) is 24.5 Å². The lowest BCUT2D eigenvalue weighted by Gasteiger charge is -2.03. The molecule has 0 aliphatic rings. The highest BCUT2D eigenvalue weighted by molar-refractivity contribution is 7.09. The van der Waals surface area contributed by atoms with E-state index in [4.69, 9.17) is 9.15 Å². The summed E-state index contributed by atoms with van der Waals surface area (Å²) in [5.41, 5.74) is 1.16. The lowest BCUT2D eigenvalue weighted by Crippen LogP contribution is -2.06. The standard InChI is InChI=1S/C12H15NO2S/c1-13-7-10-4-5-15-12(10)9-14-8-11-3-2-6-16-11/h2-6,13H,7-9H2,1H3. The molecule has 4 heteroatoms. The molecule has 2 aromatic heterocycles. The second-order valence-electron chi connectivity index (χ2n) is 3.47. The molecular formula is C12H15NO2S. The Morgan fingerprint density at radius 2 is 2.31 bits per heavy atom. The van der Waals surface area contributed by atoms with E-state index in [1.165, 1.54) is 4.88 Å². The third-order valence-electron chi connectivity index (χ3n) is 2.26. The highest BCUT2D eigenvalue weighted by Crippen LogP contribution is 2.14. The molecule has 1 N–H and O–H groups in total. The van der Waals surface area contributed by atoms with Gasteiger partial charge >= 0.3 is 0 Å². The molecule has 0 aliphatic heterocycles. The van der Waals surface area contributed by atoms with Gasteiger partial charge in [-0.25, -0.2) is 0 Å². The van der Waals surface area contributed by atoms with Crippen LogP contribution >= 0.6 is 11.3 Å². The molecule has 0 saturated carbocycles. The smallest absolute Gasteiger partial charge is 0.133 e. The van der Waals surface area contributed by atoms with Crippen LogP contribution in [0, 0.1) is 0 Å². The predicted octanol–water partition coefficient (Wildman–Crippen LogP) is 2.78. The maximum Gasteiger partial charge on any atom is 0.133 e. The molecule has 0 saturated heterocycles. The van der Waals surface area contributed by atoms with Gasteiger partial charge in [0.15, 0.2) is 0 Å². The minimum Gasteiger partial charge on any atom is -0.467 e. The Balaban J connectivity index is 1.82. The summed E-state index contributed by atoms with van der Waals surface area (Å²) in [6.45, 7) is 1.99. The molecular weight excluding hydrogens is 222 g/mol. The van der Waals surface area contributed by atoms with E-state index in [1.54, 1.807) is 17.6 Å². The summed E-state index contributed by atoms with van der Waals surface area (Å²) in [5, 5.41) is 5.15. The van der Waals surface area contributed by atoms with Crippen LogP contribution in [0.2, 0.25) is 0 Å². The largest absolute Gasteiger partial charge is 0.467 e. The van der Waals surface area contributed by atoms with Crippen LogP contribution < -0.4 is 5.32 Å². The van der Waals surface area contributed by atoms with Crippen LogP contribution in [0.25, 0.3) is 0 Å². The summed E-state index contributed by atoms with van der Waals surface area (Å²) in [5.74, 6) is 0.908. The zero-order chi connectivity index (χ0) is 11.2. The van der Waals surface area contributed by atoms with Gasteiger partial charge in [-0.05, 0) is 24.6 Å². The van der Waals surface area contributed by atoms with Crippen molar-refractivity contribution in [1.29, 1.82) is 0 Å². The summed E-state index contributed by atoms with van der Waals surface area (Å²) in [6, 6.07) is 6.07. The average molecular weight is 237 g/mol. The minimum atomic E-state index is 0.530. The van der Waals surface area contributed by atoms with Gasteiger partial charge in [-0.15, -0.1) is 11.3 Å². The van der Waals surface area contributed by atoms with Gasteiger partial charge < -0.3 is 14.5 Å². The maximum absolute atomic E-state index is 5.60. The normalized spacial score (nSPS) is 10.8. The molecule has 0 bridgehead atoms. The third-order valence-corrected chi connectivity index (χ3v) is 3.11. The Morgan fingerprint density at radius 1 is 1.38 bits per heavy atom. The molecule has 0 atom stereocenters. The van der Waals surface area contributed by atoms with E-state index in [9.17, 15) is 0 Å². The SMILES string of the molecule is CNCc1ccoc1COCc1cccs1. The van der Waals surface area contributed by atoms with E-state index in [2.05, 4.69) is 16.8 Å². The molecule has 2 heterocycles. The van der Waals surface area contributed by atoms with Crippen molar-refractivity contribution in [3.63, 3.8) is 0 Å². The fourth-order valence-corrected chi connectivity index (χ4v) is 2.12. The first-order valence-electron chi connectivity index (χ1n) is 5.20. The first kappa shape index (κ1) is 11.4. The molecule has 0 fully saturated rings. The molecule has 16 heavy (non-hydrogen) atoms. The monoisotopic (exact) mass is 237 g/mol. The first-order chi connectivity index (χ1) is 7.90. The number of nitrogens with one attached hydrogen (secondary N) is 1. The van der Waals surface area contributed by atoms with Crippen LogP contribution in [0.3, 0.4) is 0 Å². The quantitative estimate of drug-likeness (QED) is 0.839. The Hall–Kier alpha value is -1.10. The first-order valence-corrected chi connectivity index (χ1v) is 6.08. The van der Waals surface area contributed by atoms with Crippen LogP contribution in [0.5, 0.6) is 0 Å². The van der Waals surface area contributed by atoms with Crippen LogP contribution in [0.4, 0.5) is 0 Å². The lowest BCUT2D eigenvalue weighted by atomic mass is 10.2. The van der Waals surface area contributed by atoms with Gasteiger partial charge in [0.2, 0.25) is 0 Å². The molecule has 2 rings (SSSR count). The maximum atomic E-state index is 5.60. The van der Waals surface area contributed by atoms with E-state index >= 15 is 0 Å². The molecule has 0 spiro atoms. The van der Waals surface area contributed by atoms with E-state index in [1.807, 2.05) is 19.2 Å². The third kappa shape index (κ3) is 2.95. The molecule has 0 amide bonds. The summed E-state index contributed by atoms with van der Waals surface area (Å²) >= 11 is 1.71. The second-order valence-corrected chi connectivity index (χ2v) is 4.50. The van der Waals surface area contributed by atoms with E-state index in [0.717, 1.165) is 17.9 Å². The van der Waals surface area contributed by atoms with E-state index in [-0.39, 0.29) is 0 Å². The number of rotatable bonds is 6. The number of hydrogen-bond donors (Lipinski definition) is 1. The van der Waals surface area contributed by atoms with Gasteiger partial charge in [0, 0.05) is 17.0 Å². The predicted molar refractivity (Wildman–Crippen MR) is 64.3 cm³/mol. The highest BCUT2D eigenvalue weighted by Gasteiger charge is 2.05. The number of thiophene rings is 1. The molecule has 3 nitrogen and oxygen atoms in total. The Bertz CT molecular complexity index is 408. The fourth-order valence-electron chi connectivity index (χ4n) is 1.48. The molecule has 0 aromatic carbocycles. The van der Waals surface area contributed by atoms with E-state index < -0.39 is 0 Å². The Morgan fingerprint density at radius 3 is 3.06 bits per heavy atom. The lowest BCUT2D eigenvalue weighted by molar-refractivity contribution is 0.0940. The minimum absolute atomic E-state index is 0.530. The van der Waals surface area contributed by atoms with Crippen molar-refractivity contribution >= 4 is 11.3 Å². The van der Waals surface area contributed by atoms with Crippen molar-refractivity contribution in [1.82, 2.24) is 5.32 Å². The van der Waals surface area contributed by atoms with Crippen molar-refractivity contribution in [3.8, 4) is 0 Å². The van der Waals surface area contributed by atoms with Gasteiger partial charge in [0.25, 0.3) is 0 Å². The van der Waals surface area contributed by atoms with Crippen molar-refractivity contribution in [2.75, 3.05) is 7.05 Å². The summed E-state index contributed by atoms with van der Waals surface area (Å²) in [7, 11) is 1.92. The van der Waals surface area contributed by atoms with Crippen LogP contribution in [-0.4, -0.2) is 7.05 Å². The summed E-state index contributed by atoms with van der Waals surface area (Å²) in [6.07, 6.45) is 1.70. The molecule has 0 unspecified atom stereocenters. The van der Waals surface area contributed by atoms with Gasteiger partial charge in [-0.1, -0.05) is 6.07 Å². The van der Waals surface area contributed by atoms with Gasteiger partial charge in [0.1, 0.15) is 12.4 Å². The van der Waals surface area contributed by atoms with Crippen molar-refractivity contribution in [3.05, 3.63) is 46.0 Å². The average Bonchev–Trinajstić information content (AvgIpc) is 2.91. The Labute approximate surface area is 99.0 Å². The van der Waals surface area contributed by atoms with Gasteiger partial charge in [0.05, 0.1) is 12.9 Å². The summed E-state index contributed by atoms with van der Waals surface area (Å²) in [4.78, 5) is 1.24. The van der Waals surface area contributed by atoms with Crippen molar-refractivity contribution in [2.45, 2.75) is 19.8 Å². The fraction of sp³-hybridized carbons (Fsp3) is 0.333.